The van der Waals surface area contributed by atoms with Crippen molar-refractivity contribution in [3.63, 3.8) is 0 Å². The number of benzene rings is 3. The number of aliphatic imine (C=N–C) groups is 1. The molecule has 0 saturated heterocycles. The molecule has 0 aliphatic carbocycles. The van der Waals surface area contributed by atoms with Crippen molar-refractivity contribution in [2.75, 3.05) is 14.2 Å². The maximum absolute atomic E-state index is 13.6. The predicted octanol–water partition coefficient (Wildman–Crippen LogP) is 4.00. The van der Waals surface area contributed by atoms with Crippen LogP contribution in [0.4, 0.5) is 0 Å². The number of ether oxygens (including phenoxy) is 2. The molecule has 1 amide bonds. The average molecular weight is 467 g/mol. The van der Waals surface area contributed by atoms with Gasteiger partial charge in [-0.05, 0) is 60.0 Å². The van der Waals surface area contributed by atoms with Crippen LogP contribution in [0.3, 0.4) is 0 Å². The number of rotatable bonds is 4. The van der Waals surface area contributed by atoms with Crippen molar-refractivity contribution in [1.29, 1.82) is 5.26 Å². The van der Waals surface area contributed by atoms with Gasteiger partial charge >= 0.3 is 0 Å². The summed E-state index contributed by atoms with van der Waals surface area (Å²) >= 11 is 0. The third-order valence-corrected chi connectivity index (χ3v) is 6.78. The average Bonchev–Trinajstić information content (AvgIpc) is 3.07. The van der Waals surface area contributed by atoms with Crippen LogP contribution in [0.5, 0.6) is 11.5 Å². The lowest BCUT2D eigenvalue weighted by atomic mass is 9.74. The number of methoxy groups -OCH3 is 1. The first-order valence-corrected chi connectivity index (χ1v) is 11.4. The highest BCUT2D eigenvalue weighted by molar-refractivity contribution is 6.07. The quantitative estimate of drug-likeness (QED) is 0.626. The van der Waals surface area contributed by atoms with Gasteiger partial charge in [0.25, 0.3) is 5.91 Å². The van der Waals surface area contributed by atoms with E-state index < -0.39 is 11.1 Å². The van der Waals surface area contributed by atoms with E-state index in [2.05, 4.69) is 6.07 Å². The van der Waals surface area contributed by atoms with Gasteiger partial charge in [0.2, 0.25) is 0 Å². The Kier molecular flexibility index (Phi) is 5.25. The second-order valence-electron chi connectivity index (χ2n) is 9.35. The zero-order valence-electron chi connectivity index (χ0n) is 19.9. The number of amides is 1. The molecule has 2 unspecified atom stereocenters. The fourth-order valence-electron chi connectivity index (χ4n) is 5.09. The van der Waals surface area contributed by atoms with E-state index in [1.807, 2.05) is 67.6 Å². The summed E-state index contributed by atoms with van der Waals surface area (Å²) in [4.78, 5) is 19.8. The maximum Gasteiger partial charge on any atom is 0.261 e. The third-order valence-electron chi connectivity index (χ3n) is 6.78. The highest BCUT2D eigenvalue weighted by atomic mass is 16.5. The van der Waals surface area contributed by atoms with Gasteiger partial charge in [-0.25, -0.2) is 4.99 Å². The molecule has 35 heavy (non-hydrogen) atoms. The summed E-state index contributed by atoms with van der Waals surface area (Å²) in [6.07, 6.45) is 0.918. The number of nitrogens with two attached hydrogens (primary N) is 1. The zero-order valence-corrected chi connectivity index (χ0v) is 19.9. The molecule has 2 atom stereocenters. The highest BCUT2D eigenvalue weighted by Crippen LogP contribution is 2.50. The van der Waals surface area contributed by atoms with Crippen LogP contribution in [0.2, 0.25) is 0 Å². The predicted molar refractivity (Wildman–Crippen MR) is 133 cm³/mol. The summed E-state index contributed by atoms with van der Waals surface area (Å²) in [5, 5.41) is 9.31. The van der Waals surface area contributed by atoms with E-state index in [9.17, 15) is 10.1 Å². The molecule has 5 rings (SSSR count). The van der Waals surface area contributed by atoms with E-state index in [0.29, 0.717) is 29.7 Å². The molecule has 0 radical (unpaired) electrons. The van der Waals surface area contributed by atoms with Crippen LogP contribution in [0.15, 0.2) is 71.7 Å². The Bertz CT molecular complexity index is 1390. The van der Waals surface area contributed by atoms with Gasteiger partial charge < -0.3 is 15.2 Å². The minimum Gasteiger partial charge on any atom is -0.497 e. The van der Waals surface area contributed by atoms with Crippen LogP contribution in [-0.4, -0.2) is 36.5 Å². The van der Waals surface area contributed by atoms with Gasteiger partial charge in [-0.1, -0.05) is 30.3 Å². The van der Waals surface area contributed by atoms with Crippen molar-refractivity contribution in [2.45, 2.75) is 30.9 Å². The van der Waals surface area contributed by atoms with Gasteiger partial charge in [-0.3, -0.25) is 9.69 Å². The summed E-state index contributed by atoms with van der Waals surface area (Å²) in [6, 6.07) is 23.1. The molecule has 7 heteroatoms. The summed E-state index contributed by atoms with van der Waals surface area (Å²) < 4.78 is 11.8. The minimum atomic E-state index is -1.18. The first-order chi connectivity index (χ1) is 16.8. The van der Waals surface area contributed by atoms with Crippen molar-refractivity contribution in [3.8, 4) is 28.7 Å². The Morgan fingerprint density at radius 2 is 1.89 bits per heavy atom. The molecule has 3 aromatic carbocycles. The normalized spacial score (nSPS) is 22.9. The lowest BCUT2D eigenvalue weighted by molar-refractivity contribution is -0.133. The van der Waals surface area contributed by atoms with E-state index in [1.54, 1.807) is 20.2 Å². The van der Waals surface area contributed by atoms with Crippen LogP contribution < -0.4 is 15.2 Å². The van der Waals surface area contributed by atoms with Crippen LogP contribution in [0.25, 0.3) is 11.1 Å². The summed E-state index contributed by atoms with van der Waals surface area (Å²) in [5.41, 5.74) is 8.34. The Labute approximate surface area is 204 Å². The topological polar surface area (TPSA) is 101 Å². The van der Waals surface area contributed by atoms with Crippen molar-refractivity contribution < 1.29 is 14.3 Å². The van der Waals surface area contributed by atoms with E-state index in [4.69, 9.17) is 20.2 Å². The summed E-state index contributed by atoms with van der Waals surface area (Å²) in [7, 11) is 3.28. The van der Waals surface area contributed by atoms with Gasteiger partial charge in [-0.2, -0.15) is 5.26 Å². The zero-order chi connectivity index (χ0) is 24.8. The van der Waals surface area contributed by atoms with Crippen molar-refractivity contribution in [1.82, 2.24) is 4.90 Å². The first-order valence-electron chi connectivity index (χ1n) is 11.4. The Morgan fingerprint density at radius 3 is 2.54 bits per heavy atom. The van der Waals surface area contributed by atoms with Gasteiger partial charge in [0, 0.05) is 25.5 Å². The second kappa shape index (κ2) is 8.17. The minimum absolute atomic E-state index is 0.177. The van der Waals surface area contributed by atoms with Gasteiger partial charge in [0.1, 0.15) is 17.1 Å². The number of hydrogen-bond acceptors (Lipinski definition) is 6. The van der Waals surface area contributed by atoms with Crippen LogP contribution in [-0.2, 0) is 16.8 Å². The molecule has 2 aliphatic rings. The molecular formula is C28H26N4O3. The SMILES string of the molecule is COc1ccc(CC2(C)CC3(N=C(N)N(C)C3=O)c3cc(-c4cccc(C#N)c4)ccc3O2)cc1. The summed E-state index contributed by atoms with van der Waals surface area (Å²) in [5.74, 6) is 1.39. The van der Waals surface area contributed by atoms with Crippen molar-refractivity contribution in [2.24, 2.45) is 10.7 Å². The van der Waals surface area contributed by atoms with E-state index in [-0.39, 0.29) is 11.9 Å². The maximum atomic E-state index is 13.6. The van der Waals surface area contributed by atoms with E-state index in [1.165, 1.54) is 4.90 Å². The Morgan fingerprint density at radius 1 is 1.14 bits per heavy atom. The number of fused-ring (bicyclic) bond motifs is 2. The molecule has 2 N–H and O–H groups in total. The Balaban J connectivity index is 1.61. The molecule has 176 valence electrons. The lowest BCUT2D eigenvalue weighted by Crippen LogP contribution is -2.51. The first kappa shape index (κ1) is 22.5. The molecule has 2 aliphatic heterocycles. The molecule has 0 fully saturated rings. The van der Waals surface area contributed by atoms with Crippen molar-refractivity contribution in [3.05, 3.63) is 83.4 Å². The molecule has 0 bridgehead atoms. The lowest BCUT2D eigenvalue weighted by Gasteiger charge is -2.43. The number of guanidine groups is 1. The van der Waals surface area contributed by atoms with Crippen molar-refractivity contribution >= 4 is 11.9 Å². The second-order valence-corrected chi connectivity index (χ2v) is 9.35. The Hall–Kier alpha value is -4.31. The number of hydrogen-bond donors (Lipinski definition) is 1. The molecular weight excluding hydrogens is 440 g/mol. The van der Waals surface area contributed by atoms with Gasteiger partial charge in [-0.15, -0.1) is 0 Å². The smallest absolute Gasteiger partial charge is 0.261 e. The molecule has 0 aromatic heterocycles. The number of nitriles is 1. The number of likely N-dealkylation sites (N-methyl/N-ethyl adjacent to an activating group) is 1. The highest BCUT2D eigenvalue weighted by Gasteiger charge is 2.56. The molecule has 0 saturated carbocycles. The van der Waals surface area contributed by atoms with Crippen LogP contribution in [0, 0.1) is 11.3 Å². The number of carbonyl (C=O) groups excluding carboxylic acids is 1. The molecule has 7 nitrogen and oxygen atoms in total. The standard InChI is InChI=1S/C28H26N4O3/c1-27(15-18-7-10-22(34-3)11-8-18)17-28(25(33)32(2)26(30)31-28)23-14-21(9-12-24(23)35-27)20-6-4-5-19(13-20)16-29/h4-14H,15,17H2,1-3H3,(H2,30,31). The number of nitrogens with zero attached hydrogens (tertiary/aromatic N) is 3. The molecule has 1 spiro atoms. The third kappa shape index (κ3) is 3.77. The summed E-state index contributed by atoms with van der Waals surface area (Å²) in [6.45, 7) is 2.00. The van der Waals surface area contributed by atoms with Gasteiger partial charge in [0.15, 0.2) is 11.5 Å². The van der Waals surface area contributed by atoms with Gasteiger partial charge in [0.05, 0.1) is 18.7 Å². The largest absolute Gasteiger partial charge is 0.497 e. The molecule has 2 heterocycles. The van der Waals surface area contributed by atoms with E-state index in [0.717, 1.165) is 22.4 Å². The fourth-order valence-corrected chi connectivity index (χ4v) is 5.09. The monoisotopic (exact) mass is 466 g/mol. The van der Waals surface area contributed by atoms with Crippen LogP contribution in [0.1, 0.15) is 30.0 Å². The fraction of sp³-hybridized carbons (Fsp3) is 0.250. The van der Waals surface area contributed by atoms with Crippen LogP contribution >= 0.6 is 0 Å². The number of carbonyl (C=O) groups is 1. The molecule has 3 aromatic rings. The van der Waals surface area contributed by atoms with E-state index >= 15 is 0 Å².